The Kier molecular flexibility index (Phi) is 6.36. The molecule has 0 radical (unpaired) electrons. The first-order valence-corrected chi connectivity index (χ1v) is 4.39. The lowest BCUT2D eigenvalue weighted by atomic mass is 10.1. The third kappa shape index (κ3) is 7.22. The Bertz CT molecular complexity index is 261. The molecule has 0 aliphatic rings. The van der Waals surface area contributed by atoms with Crippen LogP contribution in [0.25, 0.3) is 0 Å². The lowest BCUT2D eigenvalue weighted by Crippen LogP contribution is -2.30. The van der Waals surface area contributed by atoms with Crippen molar-refractivity contribution in [2.75, 3.05) is 13.1 Å². The Balaban J connectivity index is 0.00000196. The second-order valence-electron chi connectivity index (χ2n) is 3.03. The highest BCUT2D eigenvalue weighted by atomic mass is 35.5. The minimum Gasteiger partial charge on any atom is -0.308 e. The van der Waals surface area contributed by atoms with Crippen LogP contribution in [0, 0.1) is 0 Å². The summed E-state index contributed by atoms with van der Waals surface area (Å²) < 4.78 is 35.2. The zero-order valence-corrected chi connectivity index (χ0v) is 8.87. The molecule has 0 amide bonds. The summed E-state index contributed by atoms with van der Waals surface area (Å²) in [6, 6.07) is 9.43. The maximum Gasteiger partial charge on any atom is 0.401 e. The summed E-state index contributed by atoms with van der Waals surface area (Å²) in [5.41, 5.74) is 1.04. The molecular formula is C10H13ClF3N. The molecule has 0 saturated heterocycles. The van der Waals surface area contributed by atoms with Crippen LogP contribution in [0.1, 0.15) is 5.56 Å². The summed E-state index contributed by atoms with van der Waals surface area (Å²) in [5.74, 6) is 0. The van der Waals surface area contributed by atoms with Crippen LogP contribution in [0.5, 0.6) is 0 Å². The van der Waals surface area contributed by atoms with Crippen LogP contribution in [-0.4, -0.2) is 19.3 Å². The number of hydrogen-bond acceptors (Lipinski definition) is 1. The monoisotopic (exact) mass is 239 g/mol. The molecule has 1 N–H and O–H groups in total. The fourth-order valence-electron chi connectivity index (χ4n) is 1.11. The van der Waals surface area contributed by atoms with Gasteiger partial charge in [-0.25, -0.2) is 0 Å². The molecule has 0 aromatic heterocycles. The maximum absolute atomic E-state index is 11.7. The fourth-order valence-corrected chi connectivity index (χ4v) is 1.11. The molecule has 0 aliphatic heterocycles. The van der Waals surface area contributed by atoms with Gasteiger partial charge in [-0.2, -0.15) is 13.2 Å². The van der Waals surface area contributed by atoms with Gasteiger partial charge >= 0.3 is 6.18 Å². The van der Waals surface area contributed by atoms with E-state index >= 15 is 0 Å². The minimum atomic E-state index is -4.11. The van der Waals surface area contributed by atoms with Gasteiger partial charge in [-0.15, -0.1) is 12.4 Å². The first-order chi connectivity index (χ1) is 6.58. The molecule has 0 fully saturated rings. The summed E-state index contributed by atoms with van der Waals surface area (Å²) in [6.45, 7) is -0.566. The smallest absolute Gasteiger partial charge is 0.308 e. The van der Waals surface area contributed by atoms with Crippen LogP contribution in [0.4, 0.5) is 13.2 Å². The Morgan fingerprint density at radius 3 is 2.20 bits per heavy atom. The fraction of sp³-hybridized carbons (Fsp3) is 0.400. The van der Waals surface area contributed by atoms with Gasteiger partial charge in [-0.05, 0) is 18.5 Å². The first kappa shape index (κ1) is 14.3. The molecule has 1 aromatic rings. The van der Waals surface area contributed by atoms with Crippen LogP contribution in [0.15, 0.2) is 30.3 Å². The third-order valence-electron chi connectivity index (χ3n) is 1.76. The highest BCUT2D eigenvalue weighted by Crippen LogP contribution is 2.12. The normalized spacial score (nSPS) is 10.9. The van der Waals surface area contributed by atoms with Crippen LogP contribution >= 0.6 is 12.4 Å². The van der Waals surface area contributed by atoms with Crippen LogP contribution in [-0.2, 0) is 6.42 Å². The van der Waals surface area contributed by atoms with Gasteiger partial charge in [0.25, 0.3) is 0 Å². The van der Waals surface area contributed by atoms with Gasteiger partial charge in [-0.1, -0.05) is 30.3 Å². The molecule has 0 saturated carbocycles. The second kappa shape index (κ2) is 6.69. The Morgan fingerprint density at radius 2 is 1.67 bits per heavy atom. The van der Waals surface area contributed by atoms with Gasteiger partial charge < -0.3 is 5.32 Å². The van der Waals surface area contributed by atoms with E-state index < -0.39 is 12.7 Å². The van der Waals surface area contributed by atoms with Crippen molar-refractivity contribution in [3.63, 3.8) is 0 Å². The zero-order chi connectivity index (χ0) is 10.4. The highest BCUT2D eigenvalue weighted by Gasteiger charge is 2.25. The lowest BCUT2D eigenvalue weighted by molar-refractivity contribution is -0.124. The predicted molar refractivity (Wildman–Crippen MR) is 56.3 cm³/mol. The molecule has 0 aliphatic carbocycles. The van der Waals surface area contributed by atoms with E-state index in [1.54, 1.807) is 0 Å². The molecule has 0 atom stereocenters. The van der Waals surface area contributed by atoms with Crippen molar-refractivity contribution < 1.29 is 13.2 Å². The van der Waals surface area contributed by atoms with Crippen LogP contribution in [0.3, 0.4) is 0 Å². The van der Waals surface area contributed by atoms with E-state index in [1.807, 2.05) is 30.3 Å². The standard InChI is InChI=1S/C10H12F3N.ClH/c11-10(12,13)8-14-7-6-9-4-2-1-3-5-9;/h1-5,14H,6-8H2;1H. The van der Waals surface area contributed by atoms with Crippen molar-refractivity contribution in [1.82, 2.24) is 5.32 Å². The molecule has 0 bridgehead atoms. The predicted octanol–water partition coefficient (Wildman–Crippen LogP) is 2.80. The Hall–Kier alpha value is -0.740. The van der Waals surface area contributed by atoms with Gasteiger partial charge in [0.2, 0.25) is 0 Å². The van der Waals surface area contributed by atoms with Gasteiger partial charge in [0, 0.05) is 0 Å². The molecule has 5 heteroatoms. The summed E-state index contributed by atoms with van der Waals surface area (Å²) in [5, 5.41) is 2.35. The number of hydrogen-bond donors (Lipinski definition) is 1. The lowest BCUT2D eigenvalue weighted by Gasteiger charge is -2.07. The summed E-state index contributed by atoms with van der Waals surface area (Å²) >= 11 is 0. The number of benzene rings is 1. The van der Waals surface area contributed by atoms with E-state index in [0.717, 1.165) is 5.56 Å². The van der Waals surface area contributed by atoms with Gasteiger partial charge in [-0.3, -0.25) is 0 Å². The van der Waals surface area contributed by atoms with E-state index in [-0.39, 0.29) is 12.4 Å². The molecule has 0 spiro atoms. The molecule has 86 valence electrons. The SMILES string of the molecule is Cl.FC(F)(F)CNCCc1ccccc1. The number of alkyl halides is 3. The van der Waals surface area contributed by atoms with Crippen molar-refractivity contribution in [2.24, 2.45) is 0 Å². The minimum absolute atomic E-state index is 0. The van der Waals surface area contributed by atoms with Crippen molar-refractivity contribution in [1.29, 1.82) is 0 Å². The summed E-state index contributed by atoms with van der Waals surface area (Å²) in [7, 11) is 0. The highest BCUT2D eigenvalue weighted by molar-refractivity contribution is 5.85. The van der Waals surface area contributed by atoms with Crippen molar-refractivity contribution in [2.45, 2.75) is 12.6 Å². The molecule has 1 aromatic carbocycles. The van der Waals surface area contributed by atoms with Crippen molar-refractivity contribution in [3.8, 4) is 0 Å². The zero-order valence-electron chi connectivity index (χ0n) is 8.05. The molecule has 0 heterocycles. The van der Waals surface area contributed by atoms with E-state index in [2.05, 4.69) is 5.32 Å². The average molecular weight is 240 g/mol. The van der Waals surface area contributed by atoms with Crippen molar-refractivity contribution in [3.05, 3.63) is 35.9 Å². The molecular weight excluding hydrogens is 227 g/mol. The van der Waals surface area contributed by atoms with E-state index in [4.69, 9.17) is 0 Å². The van der Waals surface area contributed by atoms with Crippen molar-refractivity contribution >= 4 is 12.4 Å². The topological polar surface area (TPSA) is 12.0 Å². The van der Waals surface area contributed by atoms with Gasteiger partial charge in [0.05, 0.1) is 6.54 Å². The molecule has 1 nitrogen and oxygen atoms in total. The van der Waals surface area contributed by atoms with E-state index in [1.165, 1.54) is 0 Å². The number of halogens is 4. The first-order valence-electron chi connectivity index (χ1n) is 4.39. The third-order valence-corrected chi connectivity index (χ3v) is 1.76. The largest absolute Gasteiger partial charge is 0.401 e. The summed E-state index contributed by atoms with van der Waals surface area (Å²) in [6.07, 6.45) is -3.49. The maximum atomic E-state index is 11.7. The Morgan fingerprint density at radius 1 is 1.07 bits per heavy atom. The average Bonchev–Trinajstić information content (AvgIpc) is 2.13. The van der Waals surface area contributed by atoms with Gasteiger partial charge in [0.1, 0.15) is 0 Å². The quantitative estimate of drug-likeness (QED) is 0.797. The van der Waals surface area contributed by atoms with Crippen LogP contribution in [0.2, 0.25) is 0 Å². The molecule has 0 unspecified atom stereocenters. The Labute approximate surface area is 93.1 Å². The second-order valence-corrected chi connectivity index (χ2v) is 3.03. The molecule has 15 heavy (non-hydrogen) atoms. The van der Waals surface area contributed by atoms with E-state index in [0.29, 0.717) is 13.0 Å². The summed E-state index contributed by atoms with van der Waals surface area (Å²) in [4.78, 5) is 0. The van der Waals surface area contributed by atoms with E-state index in [9.17, 15) is 13.2 Å². The van der Waals surface area contributed by atoms with Gasteiger partial charge in [0.15, 0.2) is 0 Å². The number of rotatable bonds is 4. The molecule has 1 rings (SSSR count). The van der Waals surface area contributed by atoms with Crippen LogP contribution < -0.4 is 5.32 Å². The number of nitrogens with one attached hydrogen (secondary N) is 1.